The third-order valence-corrected chi connectivity index (χ3v) is 4.06. The van der Waals surface area contributed by atoms with Crippen molar-refractivity contribution in [3.8, 4) is 0 Å². The van der Waals surface area contributed by atoms with Crippen LogP contribution in [0.1, 0.15) is 50.5 Å². The monoisotopic (exact) mass is 295 g/mol. The highest BCUT2D eigenvalue weighted by molar-refractivity contribution is 5.73. The number of urea groups is 1. The molecule has 1 fully saturated rings. The van der Waals surface area contributed by atoms with Gasteiger partial charge in [0.05, 0.1) is 18.3 Å². The number of rotatable bonds is 5. The molecule has 6 nitrogen and oxygen atoms in total. The number of aliphatic hydroxyl groups is 1. The first kappa shape index (κ1) is 15.8. The molecule has 0 saturated heterocycles. The Morgan fingerprint density at radius 3 is 2.90 bits per heavy atom. The fraction of sp³-hybridized carbons (Fsp3) is 0.733. The van der Waals surface area contributed by atoms with E-state index in [1.807, 2.05) is 19.9 Å². The Balaban J connectivity index is 1.77. The Kier molecular flexibility index (Phi) is 5.22. The van der Waals surface area contributed by atoms with Gasteiger partial charge in [0.2, 0.25) is 0 Å². The van der Waals surface area contributed by atoms with Crippen LogP contribution in [0.2, 0.25) is 0 Å². The van der Waals surface area contributed by atoms with E-state index in [1.54, 1.807) is 11.9 Å². The number of hydrogen-bond donors (Lipinski definition) is 2. The molecule has 2 atom stereocenters. The molecule has 6 heteroatoms. The van der Waals surface area contributed by atoms with E-state index in [0.29, 0.717) is 24.8 Å². The molecule has 1 saturated carbocycles. The minimum Gasteiger partial charge on any atom is -0.393 e. The topological polar surface area (TPSA) is 78.6 Å². The highest BCUT2D eigenvalue weighted by Crippen LogP contribution is 2.25. The van der Waals surface area contributed by atoms with Crippen LogP contribution in [0.3, 0.4) is 0 Å². The standard InChI is InChI=1S/C15H25N3O3/c1-10(2)13-7-12(21-17-13)8-16-15(20)18(3)9-11-5-4-6-14(11)19/h7,10-11,14,19H,4-6,8-9H2,1-3H3,(H,16,20). The van der Waals surface area contributed by atoms with Gasteiger partial charge >= 0.3 is 6.03 Å². The molecule has 1 aromatic rings. The van der Waals surface area contributed by atoms with Gasteiger partial charge in [0.15, 0.2) is 5.76 Å². The molecular weight excluding hydrogens is 270 g/mol. The average Bonchev–Trinajstić information content (AvgIpc) is 3.06. The van der Waals surface area contributed by atoms with Crippen molar-refractivity contribution < 1.29 is 14.4 Å². The van der Waals surface area contributed by atoms with E-state index in [0.717, 1.165) is 25.0 Å². The smallest absolute Gasteiger partial charge is 0.317 e. The molecular formula is C15H25N3O3. The summed E-state index contributed by atoms with van der Waals surface area (Å²) in [4.78, 5) is 13.6. The van der Waals surface area contributed by atoms with Crippen LogP contribution in [-0.4, -0.2) is 40.9 Å². The lowest BCUT2D eigenvalue weighted by Crippen LogP contribution is -2.40. The fourth-order valence-electron chi connectivity index (χ4n) is 2.65. The van der Waals surface area contributed by atoms with E-state index in [2.05, 4.69) is 10.5 Å². The number of aliphatic hydroxyl groups excluding tert-OH is 1. The van der Waals surface area contributed by atoms with Crippen LogP contribution in [-0.2, 0) is 6.54 Å². The van der Waals surface area contributed by atoms with Gasteiger partial charge in [-0.25, -0.2) is 4.79 Å². The SMILES string of the molecule is CC(C)c1cc(CNC(=O)N(C)CC2CCCC2O)on1. The maximum Gasteiger partial charge on any atom is 0.317 e. The molecule has 0 radical (unpaired) electrons. The minimum absolute atomic E-state index is 0.156. The van der Waals surface area contributed by atoms with Crippen molar-refractivity contribution in [3.63, 3.8) is 0 Å². The molecule has 1 aliphatic rings. The third kappa shape index (κ3) is 4.20. The van der Waals surface area contributed by atoms with Gasteiger partial charge in [-0.05, 0) is 18.8 Å². The zero-order chi connectivity index (χ0) is 15.4. The highest BCUT2D eigenvalue weighted by Gasteiger charge is 2.27. The first-order valence-corrected chi connectivity index (χ1v) is 7.60. The van der Waals surface area contributed by atoms with Gasteiger partial charge in [0, 0.05) is 25.6 Å². The maximum absolute atomic E-state index is 12.0. The summed E-state index contributed by atoms with van der Waals surface area (Å²) < 4.78 is 5.18. The van der Waals surface area contributed by atoms with Crippen molar-refractivity contribution in [2.24, 2.45) is 5.92 Å². The Hall–Kier alpha value is -1.56. The molecule has 0 aromatic carbocycles. The second-order valence-corrected chi connectivity index (χ2v) is 6.17. The zero-order valence-electron chi connectivity index (χ0n) is 13.0. The molecule has 1 heterocycles. The lowest BCUT2D eigenvalue weighted by atomic mass is 10.1. The van der Waals surface area contributed by atoms with E-state index >= 15 is 0 Å². The molecule has 118 valence electrons. The van der Waals surface area contributed by atoms with Gasteiger partial charge in [0.25, 0.3) is 0 Å². The first-order chi connectivity index (χ1) is 9.97. The lowest BCUT2D eigenvalue weighted by molar-refractivity contribution is 0.113. The molecule has 2 rings (SSSR count). The number of hydrogen-bond acceptors (Lipinski definition) is 4. The van der Waals surface area contributed by atoms with Crippen LogP contribution < -0.4 is 5.32 Å². The molecule has 2 unspecified atom stereocenters. The fourth-order valence-corrected chi connectivity index (χ4v) is 2.65. The second kappa shape index (κ2) is 6.93. The predicted octanol–water partition coefficient (Wildman–Crippen LogP) is 2.10. The number of nitrogens with one attached hydrogen (secondary N) is 1. The number of nitrogens with zero attached hydrogens (tertiary/aromatic N) is 2. The third-order valence-electron chi connectivity index (χ3n) is 4.06. The van der Waals surface area contributed by atoms with Gasteiger partial charge in [-0.15, -0.1) is 0 Å². The van der Waals surface area contributed by atoms with Crippen molar-refractivity contribution in [1.29, 1.82) is 0 Å². The molecule has 21 heavy (non-hydrogen) atoms. The zero-order valence-corrected chi connectivity index (χ0v) is 13.0. The van der Waals surface area contributed by atoms with Crippen LogP contribution in [0.15, 0.2) is 10.6 Å². The van der Waals surface area contributed by atoms with E-state index in [-0.39, 0.29) is 18.1 Å². The molecule has 0 spiro atoms. The quantitative estimate of drug-likeness (QED) is 0.872. The summed E-state index contributed by atoms with van der Waals surface area (Å²) in [6, 6.07) is 1.71. The number of aromatic nitrogens is 1. The highest BCUT2D eigenvalue weighted by atomic mass is 16.5. The molecule has 1 aromatic heterocycles. The predicted molar refractivity (Wildman–Crippen MR) is 78.8 cm³/mol. The molecule has 2 N–H and O–H groups in total. The van der Waals surface area contributed by atoms with Gasteiger partial charge in [-0.1, -0.05) is 25.4 Å². The van der Waals surface area contributed by atoms with Crippen LogP contribution >= 0.6 is 0 Å². The molecule has 2 amide bonds. The number of carbonyl (C=O) groups excluding carboxylic acids is 1. The van der Waals surface area contributed by atoms with Crippen molar-refractivity contribution in [2.75, 3.05) is 13.6 Å². The summed E-state index contributed by atoms with van der Waals surface area (Å²) in [5.74, 6) is 1.16. The Morgan fingerprint density at radius 1 is 1.57 bits per heavy atom. The first-order valence-electron chi connectivity index (χ1n) is 7.60. The van der Waals surface area contributed by atoms with Gasteiger partial charge in [-0.2, -0.15) is 0 Å². The second-order valence-electron chi connectivity index (χ2n) is 6.17. The van der Waals surface area contributed by atoms with Crippen LogP contribution in [0.25, 0.3) is 0 Å². The van der Waals surface area contributed by atoms with Gasteiger partial charge in [-0.3, -0.25) is 0 Å². The summed E-state index contributed by atoms with van der Waals surface area (Å²) in [5, 5.41) is 16.6. The number of carbonyl (C=O) groups is 1. The molecule has 1 aliphatic carbocycles. The summed E-state index contributed by atoms with van der Waals surface area (Å²) in [6.45, 7) is 5.00. The van der Waals surface area contributed by atoms with Crippen molar-refractivity contribution >= 4 is 6.03 Å². The lowest BCUT2D eigenvalue weighted by Gasteiger charge is -2.23. The van der Waals surface area contributed by atoms with Crippen LogP contribution in [0.5, 0.6) is 0 Å². The van der Waals surface area contributed by atoms with Crippen molar-refractivity contribution in [2.45, 2.75) is 51.7 Å². The maximum atomic E-state index is 12.0. The van der Waals surface area contributed by atoms with Crippen LogP contribution in [0.4, 0.5) is 4.79 Å². The van der Waals surface area contributed by atoms with Crippen molar-refractivity contribution in [1.82, 2.24) is 15.4 Å². The Morgan fingerprint density at radius 2 is 2.33 bits per heavy atom. The number of amides is 2. The summed E-state index contributed by atoms with van der Waals surface area (Å²) in [7, 11) is 1.75. The Bertz CT molecular complexity index is 472. The van der Waals surface area contributed by atoms with Gasteiger partial charge in [0.1, 0.15) is 0 Å². The summed E-state index contributed by atoms with van der Waals surface area (Å²) in [5.41, 5.74) is 0.890. The van der Waals surface area contributed by atoms with Crippen LogP contribution in [0, 0.1) is 5.92 Å². The Labute approximate surface area is 125 Å². The minimum atomic E-state index is -0.275. The van der Waals surface area contributed by atoms with Gasteiger partial charge < -0.3 is 19.8 Å². The largest absolute Gasteiger partial charge is 0.393 e. The molecule has 0 aliphatic heterocycles. The summed E-state index contributed by atoms with van der Waals surface area (Å²) >= 11 is 0. The molecule has 0 bridgehead atoms. The van der Waals surface area contributed by atoms with Crippen molar-refractivity contribution in [3.05, 3.63) is 17.5 Å². The van der Waals surface area contributed by atoms with E-state index in [9.17, 15) is 9.90 Å². The van der Waals surface area contributed by atoms with E-state index < -0.39 is 0 Å². The normalized spacial score (nSPS) is 21.8. The van der Waals surface area contributed by atoms with E-state index in [1.165, 1.54) is 0 Å². The van der Waals surface area contributed by atoms with E-state index in [4.69, 9.17) is 4.52 Å². The summed E-state index contributed by atoms with van der Waals surface area (Å²) in [6.07, 6.45) is 2.59. The average molecular weight is 295 g/mol.